The molecule has 0 bridgehead atoms. The van der Waals surface area contributed by atoms with E-state index in [0.717, 1.165) is 25.7 Å². The molecule has 2 aromatic carbocycles. The first-order valence-electron chi connectivity index (χ1n) is 8.06. The van der Waals surface area contributed by atoms with Gasteiger partial charge in [0.2, 0.25) is 0 Å². The van der Waals surface area contributed by atoms with Gasteiger partial charge < -0.3 is 10.5 Å². The number of ether oxygens (including phenoxy) is 1. The molecule has 5 heteroatoms. The number of hydrogen-bond donors (Lipinski definition) is 2. The third kappa shape index (κ3) is 3.55. The Labute approximate surface area is 141 Å². The number of nitrogens with zero attached hydrogens (tertiary/aromatic N) is 2. The van der Waals surface area contributed by atoms with Crippen LogP contribution in [0.5, 0.6) is 5.75 Å². The number of benzene rings is 2. The van der Waals surface area contributed by atoms with Gasteiger partial charge in [-0.25, -0.2) is 5.41 Å². The molecule has 1 aliphatic rings. The highest BCUT2D eigenvalue weighted by molar-refractivity contribution is 5.93. The third-order valence-corrected chi connectivity index (χ3v) is 4.28. The zero-order valence-electron chi connectivity index (χ0n) is 13.4. The van der Waals surface area contributed by atoms with Crippen LogP contribution in [0.4, 0.5) is 5.69 Å². The van der Waals surface area contributed by atoms with Gasteiger partial charge in [0.05, 0.1) is 5.69 Å². The minimum atomic E-state index is -0.214. The Morgan fingerprint density at radius 1 is 1.12 bits per heavy atom. The molecule has 5 nitrogen and oxygen atoms in total. The molecule has 0 saturated carbocycles. The molecule has 2 aromatic rings. The number of para-hydroxylation sites is 1. The van der Waals surface area contributed by atoms with Gasteiger partial charge in [-0.05, 0) is 61.1 Å². The summed E-state index contributed by atoms with van der Waals surface area (Å²) in [6.45, 7) is 0. The molecule has 122 valence electrons. The molecule has 0 unspecified atom stereocenters. The van der Waals surface area contributed by atoms with E-state index in [4.69, 9.17) is 15.9 Å². The Kier molecular flexibility index (Phi) is 4.78. The summed E-state index contributed by atoms with van der Waals surface area (Å²) < 4.78 is 5.47. The molecule has 0 fully saturated rings. The molecule has 1 atom stereocenters. The molecule has 0 aromatic heterocycles. The van der Waals surface area contributed by atoms with Crippen LogP contribution in [-0.4, -0.2) is 12.1 Å². The topological polar surface area (TPSA) is 86.1 Å². The van der Waals surface area contributed by atoms with Crippen molar-refractivity contribution in [1.29, 1.82) is 10.7 Å². The number of nitrogens with one attached hydrogen (secondary N) is 1. The van der Waals surface area contributed by atoms with Gasteiger partial charge in [-0.2, -0.15) is 10.2 Å². The number of hydrogen-bond acceptors (Lipinski definition) is 4. The summed E-state index contributed by atoms with van der Waals surface area (Å²) in [6, 6.07) is 14.9. The predicted molar refractivity (Wildman–Crippen MR) is 93.9 cm³/mol. The zero-order valence-corrected chi connectivity index (χ0v) is 13.4. The molecule has 24 heavy (non-hydrogen) atoms. The van der Waals surface area contributed by atoms with E-state index in [1.165, 1.54) is 16.0 Å². The van der Waals surface area contributed by atoms with Crippen LogP contribution in [-0.2, 0) is 12.8 Å². The number of anilines is 1. The van der Waals surface area contributed by atoms with Crippen molar-refractivity contribution in [1.82, 2.24) is 0 Å². The standard InChI is InChI=1S/C19H20N4O/c20-13-23(19(22)24-18-4-2-1-3-5-18)17-11-8-14-6-9-16(21)10-7-15(14)12-17/h1-5,8,11-12,16,22H,6-7,9-10,21H2/t16-/m0/s1. The maximum Gasteiger partial charge on any atom is 0.308 e. The first-order chi connectivity index (χ1) is 11.7. The minimum absolute atomic E-state index is 0.214. The van der Waals surface area contributed by atoms with Crippen LogP contribution in [0.1, 0.15) is 24.0 Å². The maximum absolute atomic E-state index is 9.46. The molecule has 0 radical (unpaired) electrons. The average Bonchev–Trinajstić information content (AvgIpc) is 2.78. The number of fused-ring (bicyclic) bond motifs is 1. The van der Waals surface area contributed by atoms with Crippen LogP contribution in [0.3, 0.4) is 0 Å². The zero-order chi connectivity index (χ0) is 16.9. The summed E-state index contributed by atoms with van der Waals surface area (Å²) in [7, 11) is 0. The largest absolute Gasteiger partial charge is 0.425 e. The van der Waals surface area contributed by atoms with Gasteiger partial charge in [-0.15, -0.1) is 0 Å². The molecule has 1 aliphatic carbocycles. The Morgan fingerprint density at radius 3 is 2.54 bits per heavy atom. The summed E-state index contributed by atoms with van der Waals surface area (Å²) in [5, 5.41) is 17.6. The van der Waals surface area contributed by atoms with Crippen molar-refractivity contribution in [2.45, 2.75) is 31.7 Å². The van der Waals surface area contributed by atoms with E-state index in [1.54, 1.807) is 12.1 Å². The van der Waals surface area contributed by atoms with Crippen molar-refractivity contribution >= 4 is 11.7 Å². The van der Waals surface area contributed by atoms with Crippen molar-refractivity contribution < 1.29 is 4.74 Å². The molecule has 0 amide bonds. The van der Waals surface area contributed by atoms with E-state index in [1.807, 2.05) is 42.6 Å². The van der Waals surface area contributed by atoms with E-state index in [0.29, 0.717) is 11.4 Å². The molecule has 0 saturated heterocycles. The van der Waals surface area contributed by atoms with Gasteiger partial charge in [-0.3, -0.25) is 0 Å². The van der Waals surface area contributed by atoms with Crippen molar-refractivity contribution in [2.24, 2.45) is 5.73 Å². The van der Waals surface area contributed by atoms with Crippen molar-refractivity contribution in [3.63, 3.8) is 0 Å². The second-order valence-electron chi connectivity index (χ2n) is 5.95. The maximum atomic E-state index is 9.46. The average molecular weight is 320 g/mol. The number of nitriles is 1. The van der Waals surface area contributed by atoms with Gasteiger partial charge in [0, 0.05) is 6.04 Å². The first kappa shape index (κ1) is 16.0. The van der Waals surface area contributed by atoms with Crippen LogP contribution in [0.2, 0.25) is 0 Å². The lowest BCUT2D eigenvalue weighted by Gasteiger charge is -2.18. The lowest BCUT2D eigenvalue weighted by molar-refractivity contribution is 0.535. The predicted octanol–water partition coefficient (Wildman–Crippen LogP) is 3.19. The molecule has 0 heterocycles. The van der Waals surface area contributed by atoms with Crippen molar-refractivity contribution in [2.75, 3.05) is 4.90 Å². The van der Waals surface area contributed by atoms with Crippen LogP contribution in [0.15, 0.2) is 48.5 Å². The summed E-state index contributed by atoms with van der Waals surface area (Å²) in [5.74, 6) is 0.531. The highest BCUT2D eigenvalue weighted by atomic mass is 16.5. The first-order valence-corrected chi connectivity index (χ1v) is 8.06. The van der Waals surface area contributed by atoms with E-state index in [9.17, 15) is 5.26 Å². The molecular formula is C19H20N4O. The Hall–Kier alpha value is -2.84. The van der Waals surface area contributed by atoms with E-state index in [2.05, 4.69) is 0 Å². The Bertz CT molecular complexity index is 767. The Morgan fingerprint density at radius 2 is 1.83 bits per heavy atom. The number of nitrogens with two attached hydrogens (primary N) is 1. The van der Waals surface area contributed by atoms with Gasteiger partial charge in [0.15, 0.2) is 6.19 Å². The highest BCUT2D eigenvalue weighted by Gasteiger charge is 2.18. The van der Waals surface area contributed by atoms with Gasteiger partial charge >= 0.3 is 6.02 Å². The fraction of sp³-hybridized carbons (Fsp3) is 0.263. The molecule has 0 spiro atoms. The van der Waals surface area contributed by atoms with E-state index >= 15 is 0 Å². The fourth-order valence-corrected chi connectivity index (χ4v) is 2.92. The third-order valence-electron chi connectivity index (χ3n) is 4.28. The molecule has 3 rings (SSSR count). The van der Waals surface area contributed by atoms with Gasteiger partial charge in [0.25, 0.3) is 0 Å². The van der Waals surface area contributed by atoms with Crippen LogP contribution in [0, 0.1) is 16.9 Å². The summed E-state index contributed by atoms with van der Waals surface area (Å²) >= 11 is 0. The highest BCUT2D eigenvalue weighted by Crippen LogP contribution is 2.26. The Balaban J connectivity index is 1.81. The molecular weight excluding hydrogens is 300 g/mol. The van der Waals surface area contributed by atoms with Crippen molar-refractivity contribution in [3.05, 3.63) is 59.7 Å². The smallest absolute Gasteiger partial charge is 0.308 e. The molecule has 3 N–H and O–H groups in total. The summed E-state index contributed by atoms with van der Waals surface area (Å²) in [6.07, 6.45) is 5.82. The number of amidine groups is 1. The van der Waals surface area contributed by atoms with E-state index in [-0.39, 0.29) is 12.1 Å². The SMILES string of the molecule is N#CN(C(=N)Oc1ccccc1)c1ccc2c(c1)CC[C@@H](N)CC2. The lowest BCUT2D eigenvalue weighted by atomic mass is 10.0. The normalized spacial score (nSPS) is 16.4. The van der Waals surface area contributed by atoms with Gasteiger partial charge in [-0.1, -0.05) is 24.3 Å². The number of rotatable bonds is 2. The minimum Gasteiger partial charge on any atom is -0.425 e. The second kappa shape index (κ2) is 7.16. The second-order valence-corrected chi connectivity index (χ2v) is 5.95. The lowest BCUT2D eigenvalue weighted by Crippen LogP contribution is -2.29. The van der Waals surface area contributed by atoms with Crippen molar-refractivity contribution in [3.8, 4) is 11.9 Å². The van der Waals surface area contributed by atoms with Crippen LogP contribution in [0.25, 0.3) is 0 Å². The monoisotopic (exact) mass is 320 g/mol. The van der Waals surface area contributed by atoms with Crippen LogP contribution >= 0.6 is 0 Å². The summed E-state index contributed by atoms with van der Waals surface area (Å²) in [5.41, 5.74) is 9.18. The molecule has 0 aliphatic heterocycles. The van der Waals surface area contributed by atoms with Crippen LogP contribution < -0.4 is 15.4 Å². The van der Waals surface area contributed by atoms with E-state index < -0.39 is 0 Å². The summed E-state index contributed by atoms with van der Waals surface area (Å²) in [4.78, 5) is 1.19. The fourth-order valence-electron chi connectivity index (χ4n) is 2.92. The quantitative estimate of drug-likeness (QED) is 0.292. The number of aryl methyl sites for hydroxylation is 2. The van der Waals surface area contributed by atoms with Gasteiger partial charge in [0.1, 0.15) is 5.75 Å².